The van der Waals surface area contributed by atoms with Crippen molar-refractivity contribution in [1.29, 1.82) is 0 Å². The predicted octanol–water partition coefficient (Wildman–Crippen LogP) is 2.28. The van der Waals surface area contributed by atoms with Crippen molar-refractivity contribution in [3.05, 3.63) is 23.4 Å². The van der Waals surface area contributed by atoms with Crippen LogP contribution >= 0.6 is 0 Å². The molecule has 0 bridgehead atoms. The maximum atomic E-state index is 11.0. The first-order valence-corrected chi connectivity index (χ1v) is 5.77. The fraction of sp³-hybridized carbons (Fsp3) is 0.538. The monoisotopic (exact) mass is 253 g/mol. The van der Waals surface area contributed by atoms with E-state index in [0.717, 1.165) is 0 Å². The van der Waals surface area contributed by atoms with Crippen molar-refractivity contribution in [3.63, 3.8) is 0 Å². The summed E-state index contributed by atoms with van der Waals surface area (Å²) in [6, 6.07) is 3.13. The molecule has 5 nitrogen and oxygen atoms in total. The van der Waals surface area contributed by atoms with E-state index in [4.69, 9.17) is 14.6 Å². The Morgan fingerprint density at radius 3 is 2.56 bits per heavy atom. The van der Waals surface area contributed by atoms with Gasteiger partial charge in [-0.25, -0.2) is 9.78 Å². The molecule has 100 valence electrons. The zero-order valence-electron chi connectivity index (χ0n) is 11.2. The Hall–Kier alpha value is -1.62. The van der Waals surface area contributed by atoms with Crippen LogP contribution in [0.1, 0.15) is 36.8 Å². The minimum atomic E-state index is -1.05. The van der Waals surface area contributed by atoms with Crippen molar-refractivity contribution >= 4 is 5.97 Å². The van der Waals surface area contributed by atoms with E-state index in [0.29, 0.717) is 12.3 Å². The molecule has 0 spiro atoms. The molecule has 0 fully saturated rings. The molecule has 0 aliphatic rings. The molecule has 1 aromatic rings. The first-order chi connectivity index (χ1) is 8.29. The van der Waals surface area contributed by atoms with Crippen molar-refractivity contribution in [3.8, 4) is 5.88 Å². The first kappa shape index (κ1) is 14.4. The van der Waals surface area contributed by atoms with E-state index in [1.807, 2.05) is 20.8 Å². The van der Waals surface area contributed by atoms with E-state index in [-0.39, 0.29) is 23.7 Å². The number of ether oxygens (including phenoxy) is 2. The lowest BCUT2D eigenvalue weighted by atomic mass is 10.2. The fourth-order valence-electron chi connectivity index (χ4n) is 1.29. The van der Waals surface area contributed by atoms with Gasteiger partial charge >= 0.3 is 5.97 Å². The number of aromatic carboxylic acids is 1. The smallest absolute Gasteiger partial charge is 0.341 e. The number of carboxylic acids is 1. The van der Waals surface area contributed by atoms with Gasteiger partial charge in [0.2, 0.25) is 5.88 Å². The van der Waals surface area contributed by atoms with Crippen LogP contribution in [0.4, 0.5) is 0 Å². The molecule has 1 aromatic heterocycles. The zero-order valence-corrected chi connectivity index (χ0v) is 11.2. The Labute approximate surface area is 107 Å². The Morgan fingerprint density at radius 1 is 1.33 bits per heavy atom. The third-order valence-corrected chi connectivity index (χ3v) is 2.09. The maximum absolute atomic E-state index is 11.0. The van der Waals surface area contributed by atoms with Gasteiger partial charge in [-0.15, -0.1) is 0 Å². The van der Waals surface area contributed by atoms with Gasteiger partial charge in [0, 0.05) is 5.69 Å². The van der Waals surface area contributed by atoms with Gasteiger partial charge in [-0.1, -0.05) is 0 Å². The van der Waals surface area contributed by atoms with Gasteiger partial charge in [0.15, 0.2) is 0 Å². The normalized spacial score (nSPS) is 11.3. The van der Waals surface area contributed by atoms with Crippen LogP contribution in [-0.2, 0) is 4.74 Å². The SMILES string of the molecule is Cc1ccc(C(=O)O)c(OCCOC(C)(C)C)n1. The molecule has 0 aliphatic heterocycles. The molecular formula is C13H19NO4. The van der Waals surface area contributed by atoms with E-state index in [9.17, 15) is 4.79 Å². The van der Waals surface area contributed by atoms with Gasteiger partial charge in [0.1, 0.15) is 12.2 Å². The summed E-state index contributed by atoms with van der Waals surface area (Å²) in [5.41, 5.74) is 0.544. The number of aromatic nitrogens is 1. The minimum absolute atomic E-state index is 0.0661. The van der Waals surface area contributed by atoms with Crippen molar-refractivity contribution in [2.75, 3.05) is 13.2 Å². The second-order valence-corrected chi connectivity index (χ2v) is 4.92. The standard InChI is InChI=1S/C13H19NO4/c1-9-5-6-10(12(15)16)11(14-9)17-7-8-18-13(2,3)4/h5-6H,7-8H2,1-4H3,(H,15,16). The van der Waals surface area contributed by atoms with Crippen LogP contribution in [0, 0.1) is 6.92 Å². The van der Waals surface area contributed by atoms with E-state index in [1.54, 1.807) is 13.0 Å². The molecule has 0 aromatic carbocycles. The quantitative estimate of drug-likeness (QED) is 0.815. The van der Waals surface area contributed by atoms with Gasteiger partial charge in [-0.05, 0) is 39.8 Å². The Kier molecular flexibility index (Phi) is 4.67. The number of hydrogen-bond acceptors (Lipinski definition) is 4. The van der Waals surface area contributed by atoms with Crippen LogP contribution < -0.4 is 4.74 Å². The summed E-state index contributed by atoms with van der Waals surface area (Å²) in [5.74, 6) is -0.908. The number of hydrogen-bond donors (Lipinski definition) is 1. The molecule has 0 saturated carbocycles. The second-order valence-electron chi connectivity index (χ2n) is 4.92. The van der Waals surface area contributed by atoms with Crippen LogP contribution in [-0.4, -0.2) is 34.9 Å². The van der Waals surface area contributed by atoms with Crippen LogP contribution in [0.3, 0.4) is 0 Å². The molecule has 0 atom stereocenters. The number of nitrogens with zero attached hydrogens (tertiary/aromatic N) is 1. The molecule has 1 heterocycles. The molecule has 0 saturated heterocycles. The maximum Gasteiger partial charge on any atom is 0.341 e. The van der Waals surface area contributed by atoms with Gasteiger partial charge in [0.25, 0.3) is 0 Å². The number of carboxylic acid groups (broad SMARTS) is 1. The fourth-order valence-corrected chi connectivity index (χ4v) is 1.29. The molecule has 1 N–H and O–H groups in total. The van der Waals surface area contributed by atoms with Gasteiger partial charge in [-0.3, -0.25) is 0 Å². The Bertz CT molecular complexity index is 423. The summed E-state index contributed by atoms with van der Waals surface area (Å²) in [6.45, 7) is 8.28. The van der Waals surface area contributed by atoms with Crippen LogP contribution in [0.5, 0.6) is 5.88 Å². The summed E-state index contributed by atoms with van der Waals surface area (Å²) >= 11 is 0. The zero-order chi connectivity index (χ0) is 13.8. The lowest BCUT2D eigenvalue weighted by molar-refractivity contribution is -0.0170. The number of carbonyl (C=O) groups is 1. The predicted molar refractivity (Wildman–Crippen MR) is 67.1 cm³/mol. The third-order valence-electron chi connectivity index (χ3n) is 2.09. The minimum Gasteiger partial charge on any atom is -0.477 e. The Morgan fingerprint density at radius 2 is 2.00 bits per heavy atom. The van der Waals surface area contributed by atoms with Crippen LogP contribution in [0.25, 0.3) is 0 Å². The van der Waals surface area contributed by atoms with E-state index >= 15 is 0 Å². The van der Waals surface area contributed by atoms with Crippen LogP contribution in [0.15, 0.2) is 12.1 Å². The average Bonchev–Trinajstić information content (AvgIpc) is 2.22. The highest BCUT2D eigenvalue weighted by atomic mass is 16.5. The highest BCUT2D eigenvalue weighted by Crippen LogP contribution is 2.16. The molecule has 18 heavy (non-hydrogen) atoms. The van der Waals surface area contributed by atoms with E-state index in [2.05, 4.69) is 4.98 Å². The summed E-state index contributed by atoms with van der Waals surface area (Å²) in [4.78, 5) is 15.0. The highest BCUT2D eigenvalue weighted by Gasteiger charge is 2.14. The van der Waals surface area contributed by atoms with E-state index < -0.39 is 5.97 Å². The summed E-state index contributed by atoms with van der Waals surface area (Å²) in [6.07, 6.45) is 0. The summed E-state index contributed by atoms with van der Waals surface area (Å²) in [7, 11) is 0. The van der Waals surface area contributed by atoms with Crippen molar-refractivity contribution in [2.45, 2.75) is 33.3 Å². The first-order valence-electron chi connectivity index (χ1n) is 5.77. The topological polar surface area (TPSA) is 68.7 Å². The number of rotatable bonds is 5. The van der Waals surface area contributed by atoms with Gasteiger partial charge < -0.3 is 14.6 Å². The second kappa shape index (κ2) is 5.82. The molecular weight excluding hydrogens is 234 g/mol. The average molecular weight is 253 g/mol. The lowest BCUT2D eigenvalue weighted by Gasteiger charge is -2.19. The van der Waals surface area contributed by atoms with Crippen molar-refractivity contribution in [2.24, 2.45) is 0 Å². The summed E-state index contributed by atoms with van der Waals surface area (Å²) < 4.78 is 10.8. The van der Waals surface area contributed by atoms with Crippen LogP contribution in [0.2, 0.25) is 0 Å². The lowest BCUT2D eigenvalue weighted by Crippen LogP contribution is -2.23. The van der Waals surface area contributed by atoms with Gasteiger partial charge in [-0.2, -0.15) is 0 Å². The third kappa shape index (κ3) is 4.71. The van der Waals surface area contributed by atoms with Crippen molar-refractivity contribution in [1.82, 2.24) is 4.98 Å². The molecule has 0 radical (unpaired) electrons. The molecule has 0 amide bonds. The largest absolute Gasteiger partial charge is 0.477 e. The van der Waals surface area contributed by atoms with Crippen molar-refractivity contribution < 1.29 is 19.4 Å². The van der Waals surface area contributed by atoms with E-state index in [1.165, 1.54) is 6.07 Å². The molecule has 5 heteroatoms. The number of aryl methyl sites for hydroxylation is 1. The highest BCUT2D eigenvalue weighted by molar-refractivity contribution is 5.90. The summed E-state index contributed by atoms with van der Waals surface area (Å²) in [5, 5.41) is 8.99. The Balaban J connectivity index is 2.61. The number of pyridine rings is 1. The molecule has 0 unspecified atom stereocenters. The molecule has 0 aliphatic carbocycles. The van der Waals surface area contributed by atoms with Gasteiger partial charge in [0.05, 0.1) is 12.2 Å². The molecule has 1 rings (SSSR count).